The van der Waals surface area contributed by atoms with Gasteiger partial charge in [-0.05, 0) is 55.3 Å². The van der Waals surface area contributed by atoms with Crippen molar-refractivity contribution in [1.29, 1.82) is 0 Å². The molecule has 2 aromatic carbocycles. The fourth-order valence-electron chi connectivity index (χ4n) is 3.48. The van der Waals surface area contributed by atoms with Gasteiger partial charge in [-0.1, -0.05) is 56.3 Å². The second kappa shape index (κ2) is 8.49. The molecule has 1 amide bonds. The third-order valence-corrected chi connectivity index (χ3v) is 5.44. The van der Waals surface area contributed by atoms with Crippen LogP contribution in [-0.2, 0) is 4.79 Å². The van der Waals surface area contributed by atoms with E-state index in [-0.39, 0.29) is 11.9 Å². The molecule has 142 valence electrons. The Bertz CT molecular complexity index is 825. The summed E-state index contributed by atoms with van der Waals surface area (Å²) in [6.07, 6.45) is 0.747. The highest BCUT2D eigenvalue weighted by Crippen LogP contribution is 2.33. The molecule has 1 heterocycles. The van der Waals surface area contributed by atoms with Gasteiger partial charge in [-0.2, -0.15) is 5.10 Å². The molecular formula is C23H29N3O. The molecule has 0 aromatic heterocycles. The molecule has 0 bridgehead atoms. The first-order valence-electron chi connectivity index (χ1n) is 9.78. The van der Waals surface area contributed by atoms with Crippen LogP contribution in [0, 0.1) is 13.8 Å². The summed E-state index contributed by atoms with van der Waals surface area (Å²) in [5.41, 5.74) is 5.75. The third-order valence-electron chi connectivity index (χ3n) is 5.44. The zero-order valence-electron chi connectivity index (χ0n) is 16.8. The quantitative estimate of drug-likeness (QED) is 0.766. The van der Waals surface area contributed by atoms with Gasteiger partial charge in [-0.25, -0.2) is 5.01 Å². The molecule has 27 heavy (non-hydrogen) atoms. The maximum atomic E-state index is 13.0. The molecule has 0 unspecified atom stereocenters. The molecule has 2 aromatic rings. The van der Waals surface area contributed by atoms with Crippen molar-refractivity contribution in [3.8, 4) is 0 Å². The van der Waals surface area contributed by atoms with Crippen LogP contribution in [0.1, 0.15) is 48.6 Å². The Kier molecular flexibility index (Phi) is 6.07. The van der Waals surface area contributed by atoms with Crippen molar-refractivity contribution in [3.05, 3.63) is 70.8 Å². The van der Waals surface area contributed by atoms with Crippen molar-refractivity contribution in [2.45, 2.75) is 40.2 Å². The van der Waals surface area contributed by atoms with Gasteiger partial charge in [0.1, 0.15) is 0 Å². The first-order valence-corrected chi connectivity index (χ1v) is 9.78. The van der Waals surface area contributed by atoms with Gasteiger partial charge >= 0.3 is 0 Å². The number of carbonyl (C=O) groups is 1. The molecule has 0 spiro atoms. The van der Waals surface area contributed by atoms with E-state index in [1.54, 1.807) is 5.01 Å². The van der Waals surface area contributed by atoms with Gasteiger partial charge in [-0.15, -0.1) is 0 Å². The van der Waals surface area contributed by atoms with Crippen LogP contribution in [0.2, 0.25) is 0 Å². The number of amides is 1. The lowest BCUT2D eigenvalue weighted by atomic mass is 9.96. The van der Waals surface area contributed by atoms with E-state index in [0.717, 1.165) is 36.3 Å². The van der Waals surface area contributed by atoms with Crippen molar-refractivity contribution in [2.75, 3.05) is 19.6 Å². The Balaban J connectivity index is 1.92. The highest BCUT2D eigenvalue weighted by molar-refractivity contribution is 6.03. The molecule has 0 fully saturated rings. The molecule has 1 atom stereocenters. The minimum absolute atomic E-state index is 0.0362. The number of aryl methyl sites for hydroxylation is 2. The first-order chi connectivity index (χ1) is 13.0. The number of likely N-dealkylation sites (N-methyl/N-ethyl adjacent to an activating group) is 1. The van der Waals surface area contributed by atoms with Crippen LogP contribution in [0.3, 0.4) is 0 Å². The molecular weight excluding hydrogens is 334 g/mol. The summed E-state index contributed by atoms with van der Waals surface area (Å²) >= 11 is 0. The number of benzene rings is 2. The zero-order chi connectivity index (χ0) is 19.4. The van der Waals surface area contributed by atoms with E-state index in [2.05, 4.69) is 62.9 Å². The van der Waals surface area contributed by atoms with E-state index >= 15 is 0 Å². The van der Waals surface area contributed by atoms with E-state index in [1.165, 1.54) is 11.1 Å². The van der Waals surface area contributed by atoms with E-state index in [1.807, 2.05) is 18.2 Å². The smallest absolute Gasteiger partial charge is 0.257 e. The summed E-state index contributed by atoms with van der Waals surface area (Å²) in [7, 11) is 0. The largest absolute Gasteiger partial charge is 0.295 e. The third kappa shape index (κ3) is 4.28. The van der Waals surface area contributed by atoms with Crippen LogP contribution in [0.5, 0.6) is 0 Å². The van der Waals surface area contributed by atoms with Gasteiger partial charge < -0.3 is 0 Å². The maximum Gasteiger partial charge on any atom is 0.257 e. The summed E-state index contributed by atoms with van der Waals surface area (Å²) in [4.78, 5) is 15.2. The van der Waals surface area contributed by atoms with Gasteiger partial charge in [0.25, 0.3) is 5.91 Å². The van der Waals surface area contributed by atoms with Crippen molar-refractivity contribution >= 4 is 11.6 Å². The Morgan fingerprint density at radius 3 is 2.41 bits per heavy atom. The Labute approximate surface area is 162 Å². The number of carbonyl (C=O) groups excluding carboxylic acids is 1. The van der Waals surface area contributed by atoms with E-state index in [4.69, 9.17) is 5.10 Å². The Morgan fingerprint density at radius 1 is 1.07 bits per heavy atom. The average Bonchev–Trinajstić information content (AvgIpc) is 3.14. The van der Waals surface area contributed by atoms with Gasteiger partial charge in [0, 0.05) is 6.42 Å². The van der Waals surface area contributed by atoms with Crippen molar-refractivity contribution in [3.63, 3.8) is 0 Å². The van der Waals surface area contributed by atoms with Gasteiger partial charge in [-0.3, -0.25) is 9.69 Å². The van der Waals surface area contributed by atoms with E-state index in [0.29, 0.717) is 6.54 Å². The first kappa shape index (κ1) is 19.3. The molecule has 4 nitrogen and oxygen atoms in total. The minimum atomic E-state index is -0.0362. The van der Waals surface area contributed by atoms with Gasteiger partial charge in [0.2, 0.25) is 0 Å². The normalized spacial score (nSPS) is 16.7. The zero-order valence-corrected chi connectivity index (χ0v) is 16.8. The standard InChI is InChI=1S/C23H29N3O/c1-5-25(6-2)16-23(27)26-22(19-10-8-7-9-11-19)15-21(24-26)20-13-12-17(3)18(4)14-20/h7-14,22H,5-6,15-16H2,1-4H3/t22-/m1/s1. The molecule has 1 aliphatic heterocycles. The summed E-state index contributed by atoms with van der Waals surface area (Å²) in [6.45, 7) is 10.5. The van der Waals surface area contributed by atoms with Crippen molar-refractivity contribution < 1.29 is 4.79 Å². The lowest BCUT2D eigenvalue weighted by Gasteiger charge is -2.25. The second-order valence-electron chi connectivity index (χ2n) is 7.18. The monoisotopic (exact) mass is 363 g/mol. The summed E-state index contributed by atoms with van der Waals surface area (Å²) in [6, 6.07) is 16.6. The van der Waals surface area contributed by atoms with Gasteiger partial charge in [0.05, 0.1) is 18.3 Å². The molecule has 0 saturated carbocycles. The Hall–Kier alpha value is -2.46. The van der Waals surface area contributed by atoms with Crippen LogP contribution in [0.15, 0.2) is 53.6 Å². The molecule has 0 saturated heterocycles. The number of hydrogen-bond acceptors (Lipinski definition) is 3. The van der Waals surface area contributed by atoms with Crippen molar-refractivity contribution in [2.24, 2.45) is 5.10 Å². The average molecular weight is 364 g/mol. The molecule has 0 N–H and O–H groups in total. The van der Waals surface area contributed by atoms with E-state index in [9.17, 15) is 4.79 Å². The SMILES string of the molecule is CCN(CC)CC(=O)N1N=C(c2ccc(C)c(C)c2)C[C@@H]1c1ccccc1. The topological polar surface area (TPSA) is 35.9 Å². The molecule has 1 aliphatic rings. The molecule has 0 aliphatic carbocycles. The maximum absolute atomic E-state index is 13.0. The van der Waals surface area contributed by atoms with Crippen LogP contribution in [-0.4, -0.2) is 41.2 Å². The minimum Gasteiger partial charge on any atom is -0.295 e. The van der Waals surface area contributed by atoms with Crippen molar-refractivity contribution in [1.82, 2.24) is 9.91 Å². The number of hydrazone groups is 1. The fraction of sp³-hybridized carbons (Fsp3) is 0.391. The Morgan fingerprint density at radius 2 is 1.78 bits per heavy atom. The van der Waals surface area contributed by atoms with E-state index < -0.39 is 0 Å². The summed E-state index contributed by atoms with van der Waals surface area (Å²) < 4.78 is 0. The molecule has 4 heteroatoms. The highest BCUT2D eigenvalue weighted by Gasteiger charge is 2.33. The summed E-state index contributed by atoms with van der Waals surface area (Å²) in [5, 5.41) is 6.49. The van der Waals surface area contributed by atoms with Gasteiger partial charge in [0.15, 0.2) is 0 Å². The lowest BCUT2D eigenvalue weighted by molar-refractivity contribution is -0.134. The summed E-state index contributed by atoms with van der Waals surface area (Å²) in [5.74, 6) is 0.0615. The predicted molar refractivity (Wildman–Crippen MR) is 111 cm³/mol. The van der Waals surface area contributed by atoms with Crippen LogP contribution in [0.25, 0.3) is 0 Å². The van der Waals surface area contributed by atoms with Crippen LogP contribution in [0.4, 0.5) is 0 Å². The predicted octanol–water partition coefficient (Wildman–Crippen LogP) is 4.32. The van der Waals surface area contributed by atoms with Crippen LogP contribution >= 0.6 is 0 Å². The molecule has 3 rings (SSSR count). The molecule has 0 radical (unpaired) electrons. The highest BCUT2D eigenvalue weighted by atomic mass is 16.2. The number of nitrogens with zero attached hydrogens (tertiary/aromatic N) is 3. The number of hydrogen-bond donors (Lipinski definition) is 0. The second-order valence-corrected chi connectivity index (χ2v) is 7.18. The number of rotatable bonds is 6. The lowest BCUT2D eigenvalue weighted by Crippen LogP contribution is -2.38. The van der Waals surface area contributed by atoms with Crippen LogP contribution < -0.4 is 0 Å². The fourth-order valence-corrected chi connectivity index (χ4v) is 3.48.